The van der Waals surface area contributed by atoms with Crippen molar-refractivity contribution < 1.29 is 14.0 Å². The van der Waals surface area contributed by atoms with Gasteiger partial charge in [0.05, 0.1) is 12.6 Å². The fourth-order valence-corrected chi connectivity index (χ4v) is 2.41. The molecule has 0 saturated heterocycles. The molecule has 0 aliphatic carbocycles. The molecule has 0 bridgehead atoms. The van der Waals surface area contributed by atoms with Gasteiger partial charge in [-0.2, -0.15) is 0 Å². The lowest BCUT2D eigenvalue weighted by Gasteiger charge is -2.25. The number of rotatable bonds is 7. The lowest BCUT2D eigenvalue weighted by atomic mass is 10.1. The Balaban J connectivity index is 1.83. The molecule has 0 aliphatic rings. The van der Waals surface area contributed by atoms with Crippen molar-refractivity contribution in [2.24, 2.45) is 0 Å². The van der Waals surface area contributed by atoms with Crippen LogP contribution < -0.4 is 10.6 Å². The standard InChI is InChI=1S/C19H22FN3O2/c1-23(2)17(14-6-4-3-5-7-14)12-21-18(24)13-22-19(25)15-8-10-16(20)11-9-15/h3-11,17H,12-13H2,1-2H3,(H,21,24)(H,22,25). The summed E-state index contributed by atoms with van der Waals surface area (Å²) in [4.78, 5) is 25.9. The molecule has 132 valence electrons. The van der Waals surface area contributed by atoms with E-state index in [1.54, 1.807) is 0 Å². The number of carbonyl (C=O) groups is 2. The van der Waals surface area contributed by atoms with Crippen molar-refractivity contribution in [3.63, 3.8) is 0 Å². The highest BCUT2D eigenvalue weighted by atomic mass is 19.1. The Hall–Kier alpha value is -2.73. The molecule has 0 fully saturated rings. The number of amides is 2. The van der Waals surface area contributed by atoms with Crippen molar-refractivity contribution in [2.45, 2.75) is 6.04 Å². The van der Waals surface area contributed by atoms with E-state index in [4.69, 9.17) is 0 Å². The van der Waals surface area contributed by atoms with Gasteiger partial charge in [-0.05, 0) is 43.9 Å². The smallest absolute Gasteiger partial charge is 0.251 e. The average molecular weight is 343 g/mol. The highest BCUT2D eigenvalue weighted by molar-refractivity contribution is 5.96. The van der Waals surface area contributed by atoms with E-state index in [1.165, 1.54) is 24.3 Å². The van der Waals surface area contributed by atoms with E-state index in [0.717, 1.165) is 5.56 Å². The maximum absolute atomic E-state index is 12.8. The molecule has 2 N–H and O–H groups in total. The van der Waals surface area contributed by atoms with Crippen LogP contribution in [-0.4, -0.2) is 43.9 Å². The lowest BCUT2D eigenvalue weighted by Crippen LogP contribution is -2.40. The Morgan fingerprint density at radius 1 is 1.00 bits per heavy atom. The van der Waals surface area contributed by atoms with Gasteiger partial charge in [-0.15, -0.1) is 0 Å². The van der Waals surface area contributed by atoms with Crippen LogP contribution in [0.2, 0.25) is 0 Å². The zero-order valence-electron chi connectivity index (χ0n) is 14.3. The molecule has 5 nitrogen and oxygen atoms in total. The van der Waals surface area contributed by atoms with Crippen LogP contribution in [0.3, 0.4) is 0 Å². The molecule has 0 heterocycles. The van der Waals surface area contributed by atoms with Gasteiger partial charge in [0.2, 0.25) is 5.91 Å². The Bertz CT molecular complexity index is 702. The van der Waals surface area contributed by atoms with Crippen LogP contribution in [0.25, 0.3) is 0 Å². The molecule has 0 aromatic heterocycles. The van der Waals surface area contributed by atoms with Gasteiger partial charge in [-0.25, -0.2) is 4.39 Å². The van der Waals surface area contributed by atoms with Crippen LogP contribution in [-0.2, 0) is 4.79 Å². The monoisotopic (exact) mass is 343 g/mol. The van der Waals surface area contributed by atoms with Crippen molar-refractivity contribution in [1.82, 2.24) is 15.5 Å². The van der Waals surface area contributed by atoms with E-state index in [2.05, 4.69) is 10.6 Å². The van der Waals surface area contributed by atoms with E-state index in [0.29, 0.717) is 12.1 Å². The van der Waals surface area contributed by atoms with E-state index in [-0.39, 0.29) is 18.5 Å². The van der Waals surface area contributed by atoms with Gasteiger partial charge in [-0.3, -0.25) is 9.59 Å². The van der Waals surface area contributed by atoms with Gasteiger partial charge < -0.3 is 15.5 Å². The number of carbonyl (C=O) groups excluding carboxylic acids is 2. The van der Waals surface area contributed by atoms with Gasteiger partial charge in [0.25, 0.3) is 5.91 Å². The third-order valence-electron chi connectivity index (χ3n) is 3.82. The first-order valence-corrected chi connectivity index (χ1v) is 7.99. The fourth-order valence-electron chi connectivity index (χ4n) is 2.41. The number of hydrogen-bond acceptors (Lipinski definition) is 3. The maximum Gasteiger partial charge on any atom is 0.251 e. The van der Waals surface area contributed by atoms with E-state index < -0.39 is 11.7 Å². The summed E-state index contributed by atoms with van der Waals surface area (Å²) in [6.45, 7) is 0.299. The van der Waals surface area contributed by atoms with Crippen LogP contribution in [0.4, 0.5) is 4.39 Å². The van der Waals surface area contributed by atoms with Gasteiger partial charge in [0.1, 0.15) is 5.82 Å². The van der Waals surface area contributed by atoms with Crippen molar-refractivity contribution in [1.29, 1.82) is 0 Å². The molecule has 0 saturated carbocycles. The summed E-state index contributed by atoms with van der Waals surface area (Å²) in [7, 11) is 3.89. The summed E-state index contributed by atoms with van der Waals surface area (Å²) < 4.78 is 12.8. The molecule has 6 heteroatoms. The lowest BCUT2D eigenvalue weighted by molar-refractivity contribution is -0.120. The molecule has 0 radical (unpaired) electrons. The summed E-state index contributed by atoms with van der Waals surface area (Å²) in [5.74, 6) is -1.11. The second-order valence-electron chi connectivity index (χ2n) is 5.88. The number of likely N-dealkylation sites (N-methyl/N-ethyl adjacent to an activating group) is 1. The normalized spacial score (nSPS) is 11.8. The Morgan fingerprint density at radius 3 is 2.24 bits per heavy atom. The van der Waals surface area contributed by atoms with Crippen molar-refractivity contribution in [2.75, 3.05) is 27.2 Å². The molecular formula is C19H22FN3O2. The number of nitrogens with one attached hydrogen (secondary N) is 2. The van der Waals surface area contributed by atoms with E-state index in [9.17, 15) is 14.0 Å². The highest BCUT2D eigenvalue weighted by Crippen LogP contribution is 2.16. The second kappa shape index (κ2) is 8.94. The van der Waals surface area contributed by atoms with Crippen LogP contribution in [0.5, 0.6) is 0 Å². The molecule has 0 spiro atoms. The minimum absolute atomic E-state index is 0.0398. The summed E-state index contributed by atoms with van der Waals surface area (Å²) in [6.07, 6.45) is 0. The SMILES string of the molecule is CN(C)C(CNC(=O)CNC(=O)c1ccc(F)cc1)c1ccccc1. The van der Waals surface area contributed by atoms with E-state index in [1.807, 2.05) is 49.3 Å². The number of nitrogens with zero attached hydrogens (tertiary/aromatic N) is 1. The molecule has 2 rings (SSSR count). The Kier molecular flexibility index (Phi) is 6.65. The first-order valence-electron chi connectivity index (χ1n) is 7.99. The molecule has 0 aliphatic heterocycles. The number of halogens is 1. The van der Waals surface area contributed by atoms with Gasteiger partial charge >= 0.3 is 0 Å². The van der Waals surface area contributed by atoms with E-state index >= 15 is 0 Å². The molecule has 1 unspecified atom stereocenters. The van der Waals surface area contributed by atoms with Crippen molar-refractivity contribution in [3.05, 3.63) is 71.5 Å². The number of hydrogen-bond donors (Lipinski definition) is 2. The summed E-state index contributed by atoms with van der Waals surface area (Å²) in [5.41, 5.74) is 1.41. The fraction of sp³-hybridized carbons (Fsp3) is 0.263. The molecule has 1 atom stereocenters. The predicted molar refractivity (Wildman–Crippen MR) is 94.6 cm³/mol. The zero-order valence-corrected chi connectivity index (χ0v) is 14.3. The average Bonchev–Trinajstić information content (AvgIpc) is 2.61. The molecule has 2 amide bonds. The van der Waals surface area contributed by atoms with Crippen LogP contribution in [0, 0.1) is 5.82 Å². The minimum Gasteiger partial charge on any atom is -0.353 e. The summed E-state index contributed by atoms with van der Waals surface area (Å²) in [6, 6.07) is 15.1. The summed E-state index contributed by atoms with van der Waals surface area (Å²) in [5, 5.41) is 5.35. The first kappa shape index (κ1) is 18.6. The zero-order chi connectivity index (χ0) is 18.2. The van der Waals surface area contributed by atoms with Crippen molar-refractivity contribution >= 4 is 11.8 Å². The molecule has 2 aromatic rings. The second-order valence-corrected chi connectivity index (χ2v) is 5.88. The first-order chi connectivity index (χ1) is 12.0. The van der Waals surface area contributed by atoms with Gasteiger partial charge in [-0.1, -0.05) is 30.3 Å². The molecule has 2 aromatic carbocycles. The number of benzene rings is 2. The highest BCUT2D eigenvalue weighted by Gasteiger charge is 2.15. The topological polar surface area (TPSA) is 61.4 Å². The maximum atomic E-state index is 12.8. The third kappa shape index (κ3) is 5.69. The van der Waals surface area contributed by atoms with Crippen molar-refractivity contribution in [3.8, 4) is 0 Å². The largest absolute Gasteiger partial charge is 0.353 e. The predicted octanol–water partition coefficient (Wildman–Crippen LogP) is 1.97. The van der Waals surface area contributed by atoms with Crippen LogP contribution >= 0.6 is 0 Å². The molecular weight excluding hydrogens is 321 g/mol. The van der Waals surface area contributed by atoms with Gasteiger partial charge in [0, 0.05) is 12.1 Å². The van der Waals surface area contributed by atoms with Crippen LogP contribution in [0.15, 0.2) is 54.6 Å². The Labute approximate surface area is 146 Å². The Morgan fingerprint density at radius 2 is 1.64 bits per heavy atom. The minimum atomic E-state index is -0.414. The quantitative estimate of drug-likeness (QED) is 0.808. The molecule has 25 heavy (non-hydrogen) atoms. The van der Waals surface area contributed by atoms with Crippen LogP contribution in [0.1, 0.15) is 22.0 Å². The van der Waals surface area contributed by atoms with Gasteiger partial charge in [0.15, 0.2) is 0 Å². The summed E-state index contributed by atoms with van der Waals surface area (Å²) >= 11 is 0. The third-order valence-corrected chi connectivity index (χ3v) is 3.82.